The maximum Gasteiger partial charge on any atom is 0.225 e. The third kappa shape index (κ3) is 2.55. The molecule has 0 aromatic heterocycles. The largest absolute Gasteiger partial charge is 0.339 e. The van der Waals surface area contributed by atoms with Gasteiger partial charge in [-0.3, -0.25) is 9.59 Å². The number of nitrogens with two attached hydrogens (primary N) is 1. The minimum absolute atomic E-state index is 0.0948. The Balaban J connectivity index is 1.62. The van der Waals surface area contributed by atoms with Crippen LogP contribution in [-0.2, 0) is 9.59 Å². The molecule has 1 aliphatic carbocycles. The lowest BCUT2D eigenvalue weighted by Gasteiger charge is -2.40. The van der Waals surface area contributed by atoms with Crippen molar-refractivity contribution in [2.45, 2.75) is 51.1 Å². The van der Waals surface area contributed by atoms with Gasteiger partial charge < -0.3 is 15.5 Å². The van der Waals surface area contributed by atoms with Crippen LogP contribution in [0.1, 0.15) is 39.0 Å². The second-order valence-corrected chi connectivity index (χ2v) is 6.83. The van der Waals surface area contributed by atoms with E-state index in [2.05, 4.69) is 6.92 Å². The Bertz CT molecular complexity index is 402. The van der Waals surface area contributed by atoms with Crippen LogP contribution in [0.2, 0.25) is 0 Å². The predicted octanol–water partition coefficient (Wildman–Crippen LogP) is 0.583. The van der Waals surface area contributed by atoms with Crippen LogP contribution in [0.3, 0.4) is 0 Å². The maximum atomic E-state index is 12.7. The molecule has 0 aromatic rings. The summed E-state index contributed by atoms with van der Waals surface area (Å²) in [5.41, 5.74) is 6.06. The first kappa shape index (κ1) is 13.9. The summed E-state index contributed by atoms with van der Waals surface area (Å²) in [4.78, 5) is 28.3. The molecular weight excluding hydrogens is 254 g/mol. The molecule has 2 aliphatic heterocycles. The number of amides is 2. The summed E-state index contributed by atoms with van der Waals surface area (Å²) in [6, 6.07) is 0.428. The summed E-state index contributed by atoms with van der Waals surface area (Å²) in [7, 11) is 0. The summed E-state index contributed by atoms with van der Waals surface area (Å²) in [6.07, 6.45) is 4.39. The van der Waals surface area contributed by atoms with Gasteiger partial charge in [0, 0.05) is 44.1 Å². The van der Waals surface area contributed by atoms with Gasteiger partial charge in [-0.15, -0.1) is 0 Å². The lowest BCUT2D eigenvalue weighted by molar-refractivity contribution is -0.143. The van der Waals surface area contributed by atoms with Crippen LogP contribution in [0, 0.1) is 11.8 Å². The highest BCUT2D eigenvalue weighted by atomic mass is 16.2. The van der Waals surface area contributed by atoms with Gasteiger partial charge in [-0.05, 0) is 31.6 Å². The Kier molecular flexibility index (Phi) is 3.71. The van der Waals surface area contributed by atoms with E-state index in [1.807, 2.05) is 9.80 Å². The fraction of sp³-hybridized carbons (Fsp3) is 0.867. The molecule has 5 heteroatoms. The number of rotatable bonds is 1. The summed E-state index contributed by atoms with van der Waals surface area (Å²) in [6.45, 7) is 4.32. The molecule has 112 valence electrons. The molecule has 5 nitrogen and oxygen atoms in total. The van der Waals surface area contributed by atoms with Crippen LogP contribution in [-0.4, -0.2) is 53.3 Å². The van der Waals surface area contributed by atoms with Crippen LogP contribution in [0.5, 0.6) is 0 Å². The molecule has 2 amide bonds. The average Bonchev–Trinajstić information content (AvgIpc) is 2.78. The third-order valence-corrected chi connectivity index (χ3v) is 5.13. The Labute approximate surface area is 120 Å². The minimum atomic E-state index is 0.0948. The first-order chi connectivity index (χ1) is 9.54. The Morgan fingerprint density at radius 3 is 2.80 bits per heavy atom. The van der Waals surface area contributed by atoms with E-state index in [0.29, 0.717) is 25.4 Å². The number of nitrogens with zero attached hydrogens (tertiary/aromatic N) is 2. The highest BCUT2D eigenvalue weighted by Crippen LogP contribution is 2.31. The Morgan fingerprint density at radius 2 is 2.05 bits per heavy atom. The van der Waals surface area contributed by atoms with Gasteiger partial charge in [-0.25, -0.2) is 0 Å². The quantitative estimate of drug-likeness (QED) is 0.763. The van der Waals surface area contributed by atoms with Gasteiger partial charge in [-0.1, -0.05) is 6.92 Å². The molecule has 4 unspecified atom stereocenters. The molecule has 0 bridgehead atoms. The van der Waals surface area contributed by atoms with Crippen molar-refractivity contribution in [2.24, 2.45) is 17.6 Å². The molecule has 3 fully saturated rings. The van der Waals surface area contributed by atoms with Gasteiger partial charge in [-0.2, -0.15) is 0 Å². The smallest absolute Gasteiger partial charge is 0.225 e. The van der Waals surface area contributed by atoms with Crippen molar-refractivity contribution in [3.63, 3.8) is 0 Å². The van der Waals surface area contributed by atoms with E-state index in [9.17, 15) is 9.59 Å². The van der Waals surface area contributed by atoms with Crippen molar-refractivity contribution in [1.82, 2.24) is 9.80 Å². The van der Waals surface area contributed by atoms with Crippen LogP contribution in [0.25, 0.3) is 0 Å². The second-order valence-electron chi connectivity index (χ2n) is 6.83. The first-order valence-electron chi connectivity index (χ1n) is 7.88. The lowest BCUT2D eigenvalue weighted by Crippen LogP contribution is -2.55. The molecule has 20 heavy (non-hydrogen) atoms. The molecule has 3 rings (SSSR count). The van der Waals surface area contributed by atoms with E-state index in [1.165, 1.54) is 0 Å². The van der Waals surface area contributed by atoms with E-state index in [1.54, 1.807) is 0 Å². The SMILES string of the molecule is CC1CC(N)CC(C(=O)N2CCN3C(=O)CCC3C2)C1. The van der Waals surface area contributed by atoms with Crippen molar-refractivity contribution in [2.75, 3.05) is 19.6 Å². The number of fused-ring (bicyclic) bond motifs is 1. The monoisotopic (exact) mass is 279 g/mol. The molecule has 2 N–H and O–H groups in total. The molecule has 0 spiro atoms. The first-order valence-corrected chi connectivity index (χ1v) is 7.88. The summed E-state index contributed by atoms with van der Waals surface area (Å²) >= 11 is 0. The third-order valence-electron chi connectivity index (χ3n) is 5.13. The zero-order valence-electron chi connectivity index (χ0n) is 12.3. The number of hydrogen-bond donors (Lipinski definition) is 1. The standard InChI is InChI=1S/C15H25N3O2/c1-10-6-11(8-12(16)7-10)15(20)17-4-5-18-13(9-17)2-3-14(18)19/h10-13H,2-9,16H2,1H3. The van der Waals surface area contributed by atoms with Crippen LogP contribution in [0.4, 0.5) is 0 Å². The van der Waals surface area contributed by atoms with E-state index in [0.717, 1.165) is 32.2 Å². The zero-order valence-corrected chi connectivity index (χ0v) is 12.3. The predicted molar refractivity (Wildman–Crippen MR) is 75.8 cm³/mol. The van der Waals surface area contributed by atoms with Gasteiger partial charge in [0.25, 0.3) is 0 Å². The number of piperazine rings is 1. The van der Waals surface area contributed by atoms with Gasteiger partial charge in [0.2, 0.25) is 11.8 Å². The highest BCUT2D eigenvalue weighted by molar-refractivity contribution is 5.81. The average molecular weight is 279 g/mol. The second kappa shape index (κ2) is 5.35. The summed E-state index contributed by atoms with van der Waals surface area (Å²) < 4.78 is 0. The maximum absolute atomic E-state index is 12.7. The normalized spacial score (nSPS) is 38.0. The van der Waals surface area contributed by atoms with Crippen LogP contribution >= 0.6 is 0 Å². The van der Waals surface area contributed by atoms with Gasteiger partial charge >= 0.3 is 0 Å². The molecule has 3 aliphatic rings. The minimum Gasteiger partial charge on any atom is -0.339 e. The van der Waals surface area contributed by atoms with Crippen LogP contribution in [0.15, 0.2) is 0 Å². The fourth-order valence-electron chi connectivity index (χ4n) is 4.18. The molecule has 2 saturated heterocycles. The molecule has 0 radical (unpaired) electrons. The fourth-order valence-corrected chi connectivity index (χ4v) is 4.18. The van der Waals surface area contributed by atoms with Crippen molar-refractivity contribution in [1.29, 1.82) is 0 Å². The van der Waals surface area contributed by atoms with Gasteiger partial charge in [0.15, 0.2) is 0 Å². The van der Waals surface area contributed by atoms with Crippen molar-refractivity contribution >= 4 is 11.8 Å². The molecule has 2 heterocycles. The van der Waals surface area contributed by atoms with E-state index in [-0.39, 0.29) is 29.8 Å². The molecular formula is C15H25N3O2. The van der Waals surface area contributed by atoms with E-state index >= 15 is 0 Å². The van der Waals surface area contributed by atoms with Crippen molar-refractivity contribution in [3.05, 3.63) is 0 Å². The Morgan fingerprint density at radius 1 is 1.25 bits per heavy atom. The topological polar surface area (TPSA) is 66.6 Å². The van der Waals surface area contributed by atoms with Gasteiger partial charge in [0.1, 0.15) is 0 Å². The Hall–Kier alpha value is -1.10. The summed E-state index contributed by atoms with van der Waals surface area (Å²) in [5, 5.41) is 0. The molecule has 4 atom stereocenters. The van der Waals surface area contributed by atoms with E-state index in [4.69, 9.17) is 5.73 Å². The van der Waals surface area contributed by atoms with Crippen LogP contribution < -0.4 is 5.73 Å². The number of carbonyl (C=O) groups excluding carboxylic acids is 2. The number of hydrogen-bond acceptors (Lipinski definition) is 3. The highest BCUT2D eigenvalue weighted by Gasteiger charge is 2.39. The lowest BCUT2D eigenvalue weighted by atomic mass is 9.79. The molecule has 0 aromatic carbocycles. The summed E-state index contributed by atoms with van der Waals surface area (Å²) in [5.74, 6) is 1.17. The van der Waals surface area contributed by atoms with Gasteiger partial charge in [0.05, 0.1) is 0 Å². The number of carbonyl (C=O) groups is 2. The molecule has 1 saturated carbocycles. The zero-order chi connectivity index (χ0) is 14.3. The van der Waals surface area contributed by atoms with E-state index < -0.39 is 0 Å². The van der Waals surface area contributed by atoms with Crippen molar-refractivity contribution < 1.29 is 9.59 Å². The van der Waals surface area contributed by atoms with Crippen molar-refractivity contribution in [3.8, 4) is 0 Å².